The van der Waals surface area contributed by atoms with E-state index in [0.717, 1.165) is 38.8 Å². The lowest BCUT2D eigenvalue weighted by atomic mass is 10.3. The van der Waals surface area contributed by atoms with E-state index >= 15 is 0 Å². The number of hydrogen-bond acceptors (Lipinski definition) is 6. The molecule has 0 radical (unpaired) electrons. The van der Waals surface area contributed by atoms with Crippen molar-refractivity contribution in [1.82, 2.24) is 9.97 Å². The molecule has 1 aromatic heterocycles. The van der Waals surface area contributed by atoms with Crippen molar-refractivity contribution in [3.8, 4) is 0 Å². The topological polar surface area (TPSA) is 72.4 Å². The summed E-state index contributed by atoms with van der Waals surface area (Å²) in [5.41, 5.74) is 0.480. The standard InChI is InChI=1S/C14H20ClN3O3S/c15-14-16-11(10-22(19,20)12-3-1-2-4-12)9-13(17-14)18-5-7-21-8-6-18/h9,12H,1-8,10H2. The number of anilines is 1. The van der Waals surface area contributed by atoms with Crippen molar-refractivity contribution in [3.05, 3.63) is 17.0 Å². The second-order valence-corrected chi connectivity index (χ2v) is 8.42. The van der Waals surface area contributed by atoms with E-state index in [-0.39, 0.29) is 16.3 Å². The Balaban J connectivity index is 1.79. The molecule has 1 saturated carbocycles. The molecule has 2 aliphatic rings. The molecule has 0 unspecified atom stereocenters. The summed E-state index contributed by atoms with van der Waals surface area (Å²) in [7, 11) is -3.17. The van der Waals surface area contributed by atoms with Crippen molar-refractivity contribution >= 4 is 27.3 Å². The predicted molar refractivity (Wildman–Crippen MR) is 85.0 cm³/mol. The zero-order chi connectivity index (χ0) is 15.6. The Bertz CT molecular complexity index is 626. The molecule has 8 heteroatoms. The van der Waals surface area contributed by atoms with Gasteiger partial charge in [0, 0.05) is 19.2 Å². The number of halogens is 1. The average Bonchev–Trinajstić information content (AvgIpc) is 3.02. The van der Waals surface area contributed by atoms with Crippen LogP contribution in [0, 0.1) is 0 Å². The normalized spacial score (nSPS) is 20.5. The molecule has 122 valence electrons. The van der Waals surface area contributed by atoms with Crippen LogP contribution in [0.25, 0.3) is 0 Å². The minimum Gasteiger partial charge on any atom is -0.378 e. The first-order valence-electron chi connectivity index (χ1n) is 7.62. The minimum absolute atomic E-state index is 0.0583. The number of aromatic nitrogens is 2. The largest absolute Gasteiger partial charge is 0.378 e. The molecule has 0 spiro atoms. The Morgan fingerprint density at radius 1 is 1.23 bits per heavy atom. The van der Waals surface area contributed by atoms with E-state index in [2.05, 4.69) is 9.97 Å². The van der Waals surface area contributed by atoms with Gasteiger partial charge < -0.3 is 9.64 Å². The maximum Gasteiger partial charge on any atom is 0.224 e. The third-order valence-corrected chi connectivity index (χ3v) is 6.59. The molecule has 0 N–H and O–H groups in total. The van der Waals surface area contributed by atoms with E-state index < -0.39 is 9.84 Å². The Kier molecular flexibility index (Phi) is 4.84. The fraction of sp³-hybridized carbons (Fsp3) is 0.714. The molecule has 0 bridgehead atoms. The minimum atomic E-state index is -3.17. The smallest absolute Gasteiger partial charge is 0.224 e. The van der Waals surface area contributed by atoms with Crippen LogP contribution in [0.4, 0.5) is 5.82 Å². The lowest BCUT2D eigenvalue weighted by Gasteiger charge is -2.28. The highest BCUT2D eigenvalue weighted by molar-refractivity contribution is 7.91. The summed E-state index contributed by atoms with van der Waals surface area (Å²) in [4.78, 5) is 10.4. The molecular weight excluding hydrogens is 326 g/mol. The van der Waals surface area contributed by atoms with Gasteiger partial charge in [0.25, 0.3) is 0 Å². The number of sulfone groups is 1. The third-order valence-electron chi connectivity index (χ3n) is 4.23. The van der Waals surface area contributed by atoms with Crippen molar-refractivity contribution in [2.24, 2.45) is 0 Å². The first kappa shape index (κ1) is 16.0. The van der Waals surface area contributed by atoms with Crippen LogP contribution < -0.4 is 4.90 Å². The molecule has 3 rings (SSSR count). The van der Waals surface area contributed by atoms with Crippen LogP contribution in [-0.2, 0) is 20.3 Å². The first-order valence-corrected chi connectivity index (χ1v) is 9.72. The Morgan fingerprint density at radius 2 is 1.91 bits per heavy atom. The Morgan fingerprint density at radius 3 is 2.59 bits per heavy atom. The second-order valence-electron chi connectivity index (χ2n) is 5.80. The van der Waals surface area contributed by atoms with Gasteiger partial charge in [-0.15, -0.1) is 0 Å². The van der Waals surface area contributed by atoms with Gasteiger partial charge in [-0.2, -0.15) is 0 Å². The maximum atomic E-state index is 12.5. The number of nitrogens with zero attached hydrogens (tertiary/aromatic N) is 3. The molecule has 2 heterocycles. The molecule has 1 aliphatic heterocycles. The van der Waals surface area contributed by atoms with Gasteiger partial charge in [-0.05, 0) is 24.4 Å². The molecule has 2 fully saturated rings. The van der Waals surface area contributed by atoms with Crippen LogP contribution >= 0.6 is 11.6 Å². The van der Waals surface area contributed by atoms with E-state index in [1.807, 2.05) is 4.90 Å². The highest BCUT2D eigenvalue weighted by Crippen LogP contribution is 2.27. The van der Waals surface area contributed by atoms with Gasteiger partial charge in [-0.3, -0.25) is 0 Å². The number of rotatable bonds is 4. The summed E-state index contributed by atoms with van der Waals surface area (Å²) < 4.78 is 30.2. The zero-order valence-electron chi connectivity index (χ0n) is 12.4. The summed E-state index contributed by atoms with van der Waals surface area (Å²) in [5, 5.41) is -0.131. The first-order chi connectivity index (χ1) is 10.5. The molecule has 1 aliphatic carbocycles. The quantitative estimate of drug-likeness (QED) is 0.775. The SMILES string of the molecule is O=S(=O)(Cc1cc(N2CCOCC2)nc(Cl)n1)C1CCCC1. The monoisotopic (exact) mass is 345 g/mol. The summed E-state index contributed by atoms with van der Waals surface area (Å²) in [6.45, 7) is 2.72. The van der Waals surface area contributed by atoms with Gasteiger partial charge in [0.15, 0.2) is 9.84 Å². The van der Waals surface area contributed by atoms with E-state index in [4.69, 9.17) is 16.3 Å². The lowest BCUT2D eigenvalue weighted by molar-refractivity contribution is 0.122. The molecular formula is C14H20ClN3O3S. The van der Waals surface area contributed by atoms with Crippen molar-refractivity contribution in [1.29, 1.82) is 0 Å². The predicted octanol–water partition coefficient (Wildman–Crippen LogP) is 1.82. The van der Waals surface area contributed by atoms with Crippen LogP contribution in [0.2, 0.25) is 5.28 Å². The molecule has 22 heavy (non-hydrogen) atoms. The Labute approximate surface area is 135 Å². The maximum absolute atomic E-state index is 12.5. The molecule has 1 saturated heterocycles. The van der Waals surface area contributed by atoms with Gasteiger partial charge in [-0.1, -0.05) is 12.8 Å². The molecule has 0 atom stereocenters. The number of ether oxygens (including phenoxy) is 1. The van der Waals surface area contributed by atoms with Gasteiger partial charge in [0.05, 0.1) is 29.9 Å². The van der Waals surface area contributed by atoms with Crippen LogP contribution in [0.3, 0.4) is 0 Å². The van der Waals surface area contributed by atoms with E-state index in [0.29, 0.717) is 24.7 Å². The fourth-order valence-corrected chi connectivity index (χ4v) is 5.09. The number of morpholine rings is 1. The van der Waals surface area contributed by atoms with Crippen LogP contribution in [0.1, 0.15) is 31.4 Å². The van der Waals surface area contributed by atoms with Gasteiger partial charge in [0.1, 0.15) is 5.82 Å². The van der Waals surface area contributed by atoms with Gasteiger partial charge in [0.2, 0.25) is 5.28 Å². The lowest BCUT2D eigenvalue weighted by Crippen LogP contribution is -2.37. The van der Waals surface area contributed by atoms with Crippen molar-refractivity contribution in [2.75, 3.05) is 31.2 Å². The molecule has 0 amide bonds. The summed E-state index contributed by atoms with van der Waals surface area (Å²) in [5.74, 6) is 0.622. The highest BCUT2D eigenvalue weighted by Gasteiger charge is 2.29. The molecule has 1 aromatic rings. The van der Waals surface area contributed by atoms with Crippen LogP contribution in [0.15, 0.2) is 6.07 Å². The number of hydrogen-bond donors (Lipinski definition) is 0. The van der Waals surface area contributed by atoms with Crippen molar-refractivity contribution in [3.63, 3.8) is 0 Å². The van der Waals surface area contributed by atoms with E-state index in [9.17, 15) is 8.42 Å². The van der Waals surface area contributed by atoms with Crippen LogP contribution in [-0.4, -0.2) is 49.9 Å². The average molecular weight is 346 g/mol. The van der Waals surface area contributed by atoms with Crippen LogP contribution in [0.5, 0.6) is 0 Å². The molecule has 0 aromatic carbocycles. The Hall–Kier alpha value is -0.920. The van der Waals surface area contributed by atoms with Crippen molar-refractivity contribution in [2.45, 2.75) is 36.7 Å². The molecule has 6 nitrogen and oxygen atoms in total. The van der Waals surface area contributed by atoms with Gasteiger partial charge >= 0.3 is 0 Å². The highest BCUT2D eigenvalue weighted by atomic mass is 35.5. The summed E-state index contributed by atoms with van der Waals surface area (Å²) in [6, 6.07) is 1.74. The zero-order valence-corrected chi connectivity index (χ0v) is 13.9. The van der Waals surface area contributed by atoms with E-state index in [1.54, 1.807) is 6.07 Å². The van der Waals surface area contributed by atoms with Crippen molar-refractivity contribution < 1.29 is 13.2 Å². The van der Waals surface area contributed by atoms with Gasteiger partial charge in [-0.25, -0.2) is 18.4 Å². The second kappa shape index (κ2) is 6.68. The third kappa shape index (κ3) is 3.70. The summed E-state index contributed by atoms with van der Waals surface area (Å²) >= 11 is 5.98. The summed E-state index contributed by atoms with van der Waals surface area (Å²) in [6.07, 6.45) is 3.51. The fourth-order valence-electron chi connectivity index (χ4n) is 3.05. The van der Waals surface area contributed by atoms with E-state index in [1.165, 1.54) is 0 Å².